The van der Waals surface area contributed by atoms with Crippen LogP contribution in [0.15, 0.2) is 42.5 Å². The van der Waals surface area contributed by atoms with Gasteiger partial charge in [0.15, 0.2) is 0 Å². The van der Waals surface area contributed by atoms with Gasteiger partial charge >= 0.3 is 7.12 Å². The molecule has 0 saturated carbocycles. The zero-order valence-corrected chi connectivity index (χ0v) is 11.5. The third-order valence-corrected chi connectivity index (χ3v) is 3.07. The topological polar surface area (TPSA) is 69.6 Å². The fourth-order valence-corrected chi connectivity index (χ4v) is 1.99. The molecule has 2 rings (SSSR count). The minimum absolute atomic E-state index is 0.173. The molecule has 6 heteroatoms. The van der Waals surface area contributed by atoms with Gasteiger partial charge in [-0.3, -0.25) is 4.79 Å². The Balaban J connectivity index is 2.08. The van der Waals surface area contributed by atoms with Gasteiger partial charge in [0.25, 0.3) is 5.91 Å². The van der Waals surface area contributed by atoms with Crippen molar-refractivity contribution in [2.24, 2.45) is 0 Å². The van der Waals surface area contributed by atoms with E-state index in [1.807, 2.05) is 31.2 Å². The molecule has 0 fully saturated rings. The van der Waals surface area contributed by atoms with Crippen molar-refractivity contribution in [3.63, 3.8) is 0 Å². The summed E-state index contributed by atoms with van der Waals surface area (Å²) in [6, 6.07) is 11.2. The highest BCUT2D eigenvalue weighted by Gasteiger charge is 2.18. The average Bonchev–Trinajstić information content (AvgIpc) is 2.45. The monoisotopic (exact) mass is 287 g/mol. The van der Waals surface area contributed by atoms with Gasteiger partial charge in [-0.1, -0.05) is 29.8 Å². The van der Waals surface area contributed by atoms with E-state index in [0.29, 0.717) is 6.54 Å². The summed E-state index contributed by atoms with van der Waals surface area (Å²) in [6.07, 6.45) is 0. The molecule has 2 aromatic carbocycles. The van der Waals surface area contributed by atoms with Gasteiger partial charge < -0.3 is 15.4 Å². The molecule has 4 nitrogen and oxygen atoms in total. The van der Waals surface area contributed by atoms with Gasteiger partial charge in [0.1, 0.15) is 5.82 Å². The van der Waals surface area contributed by atoms with Crippen LogP contribution in [0.5, 0.6) is 0 Å². The maximum absolute atomic E-state index is 13.3. The third-order valence-electron chi connectivity index (χ3n) is 3.07. The molecule has 0 atom stereocenters. The molecule has 0 aliphatic rings. The number of hydrogen-bond donors (Lipinski definition) is 3. The van der Waals surface area contributed by atoms with E-state index < -0.39 is 18.8 Å². The van der Waals surface area contributed by atoms with Crippen molar-refractivity contribution in [3.05, 3.63) is 65.0 Å². The summed E-state index contributed by atoms with van der Waals surface area (Å²) < 4.78 is 13.3. The second-order valence-corrected chi connectivity index (χ2v) is 4.78. The van der Waals surface area contributed by atoms with Gasteiger partial charge in [0.05, 0.1) is 0 Å². The van der Waals surface area contributed by atoms with Crippen LogP contribution in [-0.2, 0) is 6.54 Å². The van der Waals surface area contributed by atoms with E-state index in [1.165, 1.54) is 6.07 Å². The normalized spacial score (nSPS) is 10.3. The fraction of sp³-hybridized carbons (Fsp3) is 0.133. The molecule has 0 saturated heterocycles. The van der Waals surface area contributed by atoms with Crippen LogP contribution in [0.25, 0.3) is 0 Å². The van der Waals surface area contributed by atoms with Crippen molar-refractivity contribution in [3.8, 4) is 0 Å². The number of carbonyl (C=O) groups is 1. The van der Waals surface area contributed by atoms with E-state index in [-0.39, 0.29) is 11.0 Å². The summed E-state index contributed by atoms with van der Waals surface area (Å²) in [6.45, 7) is 2.30. The summed E-state index contributed by atoms with van der Waals surface area (Å²) in [7, 11) is -1.95. The molecule has 2 aromatic rings. The highest BCUT2D eigenvalue weighted by atomic mass is 19.1. The van der Waals surface area contributed by atoms with E-state index >= 15 is 0 Å². The second-order valence-electron chi connectivity index (χ2n) is 4.78. The smallest absolute Gasteiger partial charge is 0.423 e. The van der Waals surface area contributed by atoms with E-state index in [1.54, 1.807) is 0 Å². The minimum atomic E-state index is -1.95. The van der Waals surface area contributed by atoms with Crippen molar-refractivity contribution < 1.29 is 19.2 Å². The Morgan fingerprint density at radius 2 is 2.00 bits per heavy atom. The first-order chi connectivity index (χ1) is 9.97. The van der Waals surface area contributed by atoms with Crippen molar-refractivity contribution >= 4 is 18.5 Å². The number of nitrogens with one attached hydrogen (secondary N) is 1. The lowest BCUT2D eigenvalue weighted by atomic mass is 9.79. The summed E-state index contributed by atoms with van der Waals surface area (Å²) in [5, 5.41) is 20.8. The summed E-state index contributed by atoms with van der Waals surface area (Å²) in [5.74, 6) is -1.17. The van der Waals surface area contributed by atoms with Gasteiger partial charge in [-0.15, -0.1) is 0 Å². The van der Waals surface area contributed by atoms with Crippen molar-refractivity contribution in [2.45, 2.75) is 13.5 Å². The van der Waals surface area contributed by atoms with Gasteiger partial charge in [-0.05, 0) is 30.7 Å². The lowest BCUT2D eigenvalue weighted by Gasteiger charge is -2.08. The van der Waals surface area contributed by atoms with Crippen LogP contribution < -0.4 is 10.8 Å². The molecule has 108 valence electrons. The number of aryl methyl sites for hydroxylation is 1. The number of halogens is 1. The number of hydrogen-bond acceptors (Lipinski definition) is 3. The SMILES string of the molecule is Cc1cccc(CNC(=O)c2ccc(F)c(B(O)O)c2)c1. The molecular formula is C15H15BFNO3. The Morgan fingerprint density at radius 1 is 1.24 bits per heavy atom. The Labute approximate surface area is 122 Å². The maximum atomic E-state index is 13.3. The summed E-state index contributed by atoms with van der Waals surface area (Å²) in [4.78, 5) is 12.0. The van der Waals surface area contributed by atoms with Crippen LogP contribution in [-0.4, -0.2) is 23.1 Å². The minimum Gasteiger partial charge on any atom is -0.423 e. The van der Waals surface area contributed by atoms with Crippen LogP contribution in [0.3, 0.4) is 0 Å². The first kappa shape index (κ1) is 15.2. The number of benzene rings is 2. The predicted molar refractivity (Wildman–Crippen MR) is 78.6 cm³/mol. The first-order valence-electron chi connectivity index (χ1n) is 6.46. The van der Waals surface area contributed by atoms with Crippen molar-refractivity contribution in [1.29, 1.82) is 0 Å². The standard InChI is InChI=1S/C15H15BFNO3/c1-10-3-2-4-11(7-10)9-18-15(19)12-5-6-14(17)13(8-12)16(20)21/h2-8,20-21H,9H2,1H3,(H,18,19). The molecule has 0 aliphatic carbocycles. The fourth-order valence-electron chi connectivity index (χ4n) is 1.99. The number of amides is 1. The Bertz CT molecular complexity index is 661. The van der Waals surface area contributed by atoms with Crippen LogP contribution in [0, 0.1) is 12.7 Å². The summed E-state index contributed by atoms with van der Waals surface area (Å²) >= 11 is 0. The first-order valence-corrected chi connectivity index (χ1v) is 6.46. The Hall–Kier alpha value is -2.18. The van der Waals surface area contributed by atoms with Crippen molar-refractivity contribution in [1.82, 2.24) is 5.32 Å². The zero-order valence-electron chi connectivity index (χ0n) is 11.5. The molecule has 0 unspecified atom stereocenters. The molecule has 0 radical (unpaired) electrons. The van der Waals surface area contributed by atoms with E-state index in [4.69, 9.17) is 10.0 Å². The van der Waals surface area contributed by atoms with Crippen LogP contribution in [0.1, 0.15) is 21.5 Å². The average molecular weight is 287 g/mol. The molecule has 1 amide bonds. The molecule has 3 N–H and O–H groups in total. The largest absolute Gasteiger partial charge is 0.491 e. The van der Waals surface area contributed by atoms with E-state index in [9.17, 15) is 9.18 Å². The number of carbonyl (C=O) groups excluding carboxylic acids is 1. The van der Waals surface area contributed by atoms with Crippen LogP contribution in [0.4, 0.5) is 4.39 Å². The second kappa shape index (κ2) is 6.52. The third kappa shape index (κ3) is 3.90. The van der Waals surface area contributed by atoms with Gasteiger partial charge in [-0.25, -0.2) is 4.39 Å². The molecule has 21 heavy (non-hydrogen) atoms. The van der Waals surface area contributed by atoms with Crippen LogP contribution >= 0.6 is 0 Å². The quantitative estimate of drug-likeness (QED) is 0.727. The highest BCUT2D eigenvalue weighted by Crippen LogP contribution is 2.05. The molecule has 0 aliphatic heterocycles. The lowest BCUT2D eigenvalue weighted by molar-refractivity contribution is 0.0951. The van der Waals surface area contributed by atoms with Gasteiger partial charge in [0, 0.05) is 17.6 Å². The molecule has 0 aromatic heterocycles. The lowest BCUT2D eigenvalue weighted by Crippen LogP contribution is -2.34. The molecule has 0 spiro atoms. The van der Waals surface area contributed by atoms with E-state index in [2.05, 4.69) is 5.32 Å². The van der Waals surface area contributed by atoms with E-state index in [0.717, 1.165) is 23.3 Å². The molecule has 0 bridgehead atoms. The summed E-state index contributed by atoms with van der Waals surface area (Å²) in [5.41, 5.74) is 1.90. The Morgan fingerprint density at radius 3 is 2.67 bits per heavy atom. The number of rotatable bonds is 4. The molecular weight excluding hydrogens is 272 g/mol. The van der Waals surface area contributed by atoms with Gasteiger partial charge in [-0.2, -0.15) is 0 Å². The highest BCUT2D eigenvalue weighted by molar-refractivity contribution is 6.58. The predicted octanol–water partition coefficient (Wildman–Crippen LogP) is 0.744. The van der Waals surface area contributed by atoms with Crippen LogP contribution in [0.2, 0.25) is 0 Å². The molecule has 0 heterocycles. The zero-order chi connectivity index (χ0) is 15.4. The Kier molecular flexibility index (Phi) is 4.72. The van der Waals surface area contributed by atoms with Gasteiger partial charge in [0.2, 0.25) is 0 Å². The maximum Gasteiger partial charge on any atom is 0.491 e. The van der Waals surface area contributed by atoms with Crippen molar-refractivity contribution in [2.75, 3.05) is 0 Å².